The molecular weight excluding hydrogens is 336 g/mol. The van der Waals surface area contributed by atoms with Crippen LogP contribution in [0.4, 0.5) is 0 Å². The molecule has 1 saturated heterocycles. The highest BCUT2D eigenvalue weighted by Crippen LogP contribution is 2.40. The lowest BCUT2D eigenvalue weighted by molar-refractivity contribution is -0.0182. The smallest absolute Gasteiger partial charge is 0.162 e. The summed E-state index contributed by atoms with van der Waals surface area (Å²) in [4.78, 5) is 0. The van der Waals surface area contributed by atoms with Crippen molar-refractivity contribution in [2.24, 2.45) is 5.92 Å². The third kappa shape index (κ3) is 3.71. The quantitative estimate of drug-likeness (QED) is 0.841. The van der Waals surface area contributed by atoms with Crippen molar-refractivity contribution >= 4 is 15.9 Å². The summed E-state index contributed by atoms with van der Waals surface area (Å²) >= 11 is 3.52. The number of halogens is 1. The van der Waals surface area contributed by atoms with E-state index in [2.05, 4.69) is 22.9 Å². The lowest BCUT2D eigenvalue weighted by Gasteiger charge is -2.24. The van der Waals surface area contributed by atoms with Gasteiger partial charge in [0.05, 0.1) is 19.3 Å². The van der Waals surface area contributed by atoms with Gasteiger partial charge in [0.1, 0.15) is 6.10 Å². The zero-order valence-corrected chi connectivity index (χ0v) is 14.4. The molecule has 1 fully saturated rings. The van der Waals surface area contributed by atoms with Crippen molar-refractivity contribution in [3.63, 3.8) is 0 Å². The molecule has 21 heavy (non-hydrogen) atoms. The second-order valence-electron chi connectivity index (χ2n) is 5.23. The maximum Gasteiger partial charge on any atom is 0.162 e. The van der Waals surface area contributed by atoms with Crippen LogP contribution in [0.1, 0.15) is 38.9 Å². The summed E-state index contributed by atoms with van der Waals surface area (Å²) in [5.41, 5.74) is 0.778. The van der Waals surface area contributed by atoms with Crippen LogP contribution in [0, 0.1) is 5.92 Å². The molecule has 1 aromatic carbocycles. The Morgan fingerprint density at radius 2 is 1.90 bits per heavy atom. The number of ether oxygens (including phenoxy) is 3. The molecule has 0 spiro atoms. The molecule has 5 heteroatoms. The molecule has 2 rings (SSSR count). The van der Waals surface area contributed by atoms with E-state index < -0.39 is 6.10 Å². The van der Waals surface area contributed by atoms with Gasteiger partial charge in [0.2, 0.25) is 0 Å². The van der Waals surface area contributed by atoms with Gasteiger partial charge in [-0.3, -0.25) is 0 Å². The molecule has 4 nitrogen and oxygen atoms in total. The van der Waals surface area contributed by atoms with E-state index in [0.29, 0.717) is 37.2 Å². The summed E-state index contributed by atoms with van der Waals surface area (Å²) in [6.45, 7) is 7.78. The van der Waals surface area contributed by atoms with Gasteiger partial charge < -0.3 is 19.3 Å². The Balaban J connectivity index is 2.31. The van der Waals surface area contributed by atoms with E-state index in [0.717, 1.165) is 16.5 Å². The van der Waals surface area contributed by atoms with Crippen LogP contribution in [0.15, 0.2) is 16.6 Å². The average Bonchev–Trinajstić information content (AvgIpc) is 2.87. The van der Waals surface area contributed by atoms with Crippen LogP contribution in [-0.2, 0) is 4.74 Å². The summed E-state index contributed by atoms with van der Waals surface area (Å²) in [7, 11) is 0. The molecule has 1 aromatic rings. The number of hydrogen-bond donors (Lipinski definition) is 1. The van der Waals surface area contributed by atoms with Gasteiger partial charge in [-0.25, -0.2) is 0 Å². The third-order valence-electron chi connectivity index (χ3n) is 3.74. The predicted molar refractivity (Wildman–Crippen MR) is 85.0 cm³/mol. The van der Waals surface area contributed by atoms with E-state index >= 15 is 0 Å². The molecule has 0 amide bonds. The largest absolute Gasteiger partial charge is 0.490 e. The Hall–Kier alpha value is -0.780. The first-order valence-electron chi connectivity index (χ1n) is 7.47. The first-order valence-corrected chi connectivity index (χ1v) is 8.26. The Bertz CT molecular complexity index is 478. The van der Waals surface area contributed by atoms with Gasteiger partial charge in [-0.1, -0.05) is 22.9 Å². The molecule has 1 aliphatic rings. The van der Waals surface area contributed by atoms with E-state index in [1.54, 1.807) is 0 Å². The van der Waals surface area contributed by atoms with E-state index in [4.69, 9.17) is 14.2 Å². The summed E-state index contributed by atoms with van der Waals surface area (Å²) in [6, 6.07) is 3.70. The van der Waals surface area contributed by atoms with Crippen LogP contribution in [0.5, 0.6) is 11.5 Å². The summed E-state index contributed by atoms with van der Waals surface area (Å²) in [5, 5.41) is 10.6. The Kier molecular flexibility index (Phi) is 5.90. The Morgan fingerprint density at radius 3 is 2.43 bits per heavy atom. The maximum atomic E-state index is 10.6. The summed E-state index contributed by atoms with van der Waals surface area (Å²) in [6.07, 6.45) is 0.134. The fourth-order valence-electron chi connectivity index (χ4n) is 2.61. The van der Waals surface area contributed by atoms with Crippen molar-refractivity contribution in [1.29, 1.82) is 0 Å². The minimum absolute atomic E-state index is 0.172. The van der Waals surface area contributed by atoms with Crippen molar-refractivity contribution < 1.29 is 19.3 Å². The maximum absolute atomic E-state index is 10.6. The minimum atomic E-state index is -0.674. The van der Waals surface area contributed by atoms with E-state index in [1.165, 1.54) is 0 Å². The minimum Gasteiger partial charge on any atom is -0.490 e. The normalized spacial score (nSPS) is 23.1. The van der Waals surface area contributed by atoms with Gasteiger partial charge in [-0.05, 0) is 38.3 Å². The van der Waals surface area contributed by atoms with Crippen LogP contribution in [0.25, 0.3) is 0 Å². The van der Waals surface area contributed by atoms with Crippen molar-refractivity contribution in [3.05, 3.63) is 22.2 Å². The van der Waals surface area contributed by atoms with Crippen LogP contribution in [0.3, 0.4) is 0 Å². The first-order chi connectivity index (χ1) is 10.1. The van der Waals surface area contributed by atoms with Gasteiger partial charge in [-0.15, -0.1) is 0 Å². The number of benzene rings is 1. The Morgan fingerprint density at radius 1 is 1.29 bits per heavy atom. The van der Waals surface area contributed by atoms with Crippen molar-refractivity contribution in [3.8, 4) is 11.5 Å². The molecule has 0 aliphatic carbocycles. The molecule has 1 heterocycles. The highest BCUT2D eigenvalue weighted by Gasteiger charge is 2.33. The van der Waals surface area contributed by atoms with Crippen molar-refractivity contribution in [1.82, 2.24) is 0 Å². The molecule has 0 saturated carbocycles. The predicted octanol–water partition coefficient (Wildman–Crippen LogP) is 3.70. The second-order valence-corrected chi connectivity index (χ2v) is 6.09. The zero-order chi connectivity index (χ0) is 15.4. The Labute approximate surface area is 134 Å². The second kappa shape index (κ2) is 7.47. The van der Waals surface area contributed by atoms with Gasteiger partial charge in [0.25, 0.3) is 0 Å². The van der Waals surface area contributed by atoms with Gasteiger partial charge in [-0.2, -0.15) is 0 Å². The van der Waals surface area contributed by atoms with Crippen LogP contribution in [0.2, 0.25) is 0 Å². The van der Waals surface area contributed by atoms with Gasteiger partial charge >= 0.3 is 0 Å². The number of rotatable bonds is 6. The lowest BCUT2D eigenvalue weighted by Crippen LogP contribution is -2.23. The SMILES string of the molecule is CCOc1cc(Br)c(C(O)C2OCCC2C)cc1OCC. The molecule has 0 bridgehead atoms. The molecule has 1 N–H and O–H groups in total. The summed E-state index contributed by atoms with van der Waals surface area (Å²) < 4.78 is 17.7. The molecule has 0 aromatic heterocycles. The lowest BCUT2D eigenvalue weighted by atomic mass is 9.94. The fraction of sp³-hybridized carbons (Fsp3) is 0.625. The van der Waals surface area contributed by atoms with Crippen LogP contribution >= 0.6 is 15.9 Å². The third-order valence-corrected chi connectivity index (χ3v) is 4.42. The van der Waals surface area contributed by atoms with Crippen molar-refractivity contribution in [2.45, 2.75) is 39.4 Å². The van der Waals surface area contributed by atoms with E-state index in [9.17, 15) is 5.11 Å². The number of hydrogen-bond acceptors (Lipinski definition) is 4. The number of aliphatic hydroxyl groups excluding tert-OH is 1. The van der Waals surface area contributed by atoms with Gasteiger partial charge in [0.15, 0.2) is 11.5 Å². The topological polar surface area (TPSA) is 47.9 Å². The number of aliphatic hydroxyl groups is 1. The highest BCUT2D eigenvalue weighted by atomic mass is 79.9. The average molecular weight is 359 g/mol. The van der Waals surface area contributed by atoms with E-state index in [1.807, 2.05) is 26.0 Å². The molecule has 118 valence electrons. The van der Waals surface area contributed by atoms with Crippen LogP contribution < -0.4 is 9.47 Å². The van der Waals surface area contributed by atoms with E-state index in [-0.39, 0.29) is 6.10 Å². The molecule has 3 atom stereocenters. The van der Waals surface area contributed by atoms with Crippen molar-refractivity contribution in [2.75, 3.05) is 19.8 Å². The molecular formula is C16H23BrO4. The monoisotopic (exact) mass is 358 g/mol. The van der Waals surface area contributed by atoms with Gasteiger partial charge in [0, 0.05) is 16.6 Å². The molecule has 3 unspecified atom stereocenters. The summed E-state index contributed by atoms with van der Waals surface area (Å²) in [5.74, 6) is 1.68. The molecule has 1 aliphatic heterocycles. The standard InChI is InChI=1S/C16H23BrO4/c1-4-19-13-8-11(12(17)9-14(13)20-5-2)15(18)16-10(3)6-7-21-16/h8-10,15-16,18H,4-7H2,1-3H3. The highest BCUT2D eigenvalue weighted by molar-refractivity contribution is 9.10. The molecule has 0 radical (unpaired) electrons. The first kappa shape index (κ1) is 16.6. The van der Waals surface area contributed by atoms with Crippen LogP contribution in [-0.4, -0.2) is 31.0 Å². The fourth-order valence-corrected chi connectivity index (χ4v) is 3.17. The zero-order valence-electron chi connectivity index (χ0n) is 12.8.